The Morgan fingerprint density at radius 1 is 1.15 bits per heavy atom. The van der Waals surface area contributed by atoms with Gasteiger partial charge in [-0.2, -0.15) is 5.26 Å². The number of amides is 1. The van der Waals surface area contributed by atoms with Gasteiger partial charge in [0, 0.05) is 43.6 Å². The van der Waals surface area contributed by atoms with Gasteiger partial charge < -0.3 is 15.0 Å². The predicted octanol–water partition coefficient (Wildman–Crippen LogP) is 2.72. The van der Waals surface area contributed by atoms with E-state index < -0.39 is 0 Å². The van der Waals surface area contributed by atoms with E-state index in [0.717, 1.165) is 37.6 Å². The van der Waals surface area contributed by atoms with Crippen LogP contribution in [0.25, 0.3) is 0 Å². The Morgan fingerprint density at radius 3 is 2.59 bits per heavy atom. The van der Waals surface area contributed by atoms with Gasteiger partial charge in [0.15, 0.2) is 0 Å². The molecule has 2 aromatic rings. The standard InChI is InChI=1S/C21H24N4O2/c1-16(21(26)23-18-6-3-5-17(13-18)15-22)24-9-11-25(12-10-24)19-7-4-8-20(14-19)27-2/h3-8,13-14,16H,9-12H2,1-2H3,(H,23,26)/t16-/m1/s1. The van der Waals surface area contributed by atoms with E-state index >= 15 is 0 Å². The maximum Gasteiger partial charge on any atom is 0.241 e. The Balaban J connectivity index is 1.56. The summed E-state index contributed by atoms with van der Waals surface area (Å²) in [5.41, 5.74) is 2.33. The van der Waals surface area contributed by atoms with Gasteiger partial charge in [0.25, 0.3) is 0 Å². The highest BCUT2D eigenvalue weighted by atomic mass is 16.5. The molecule has 0 bridgehead atoms. The van der Waals surface area contributed by atoms with Crippen LogP contribution < -0.4 is 15.0 Å². The van der Waals surface area contributed by atoms with Crippen LogP contribution in [-0.4, -0.2) is 50.1 Å². The summed E-state index contributed by atoms with van der Waals surface area (Å²) in [7, 11) is 1.67. The highest BCUT2D eigenvalue weighted by Gasteiger charge is 2.26. The number of ether oxygens (including phenoxy) is 1. The number of anilines is 2. The predicted molar refractivity (Wildman–Crippen MR) is 106 cm³/mol. The quantitative estimate of drug-likeness (QED) is 0.883. The van der Waals surface area contributed by atoms with Crippen molar-refractivity contribution in [1.82, 2.24) is 4.90 Å². The van der Waals surface area contributed by atoms with Gasteiger partial charge in [-0.1, -0.05) is 12.1 Å². The third kappa shape index (κ3) is 4.57. The van der Waals surface area contributed by atoms with Crippen LogP contribution in [0.15, 0.2) is 48.5 Å². The highest BCUT2D eigenvalue weighted by Crippen LogP contribution is 2.22. The number of hydrogen-bond acceptors (Lipinski definition) is 5. The van der Waals surface area contributed by atoms with E-state index in [1.165, 1.54) is 0 Å². The van der Waals surface area contributed by atoms with Crippen molar-refractivity contribution in [2.75, 3.05) is 43.5 Å². The van der Waals surface area contributed by atoms with E-state index in [0.29, 0.717) is 11.3 Å². The zero-order valence-electron chi connectivity index (χ0n) is 15.7. The number of hydrogen-bond donors (Lipinski definition) is 1. The first-order valence-corrected chi connectivity index (χ1v) is 9.05. The number of benzene rings is 2. The zero-order valence-corrected chi connectivity index (χ0v) is 15.7. The molecule has 2 aromatic carbocycles. The Hall–Kier alpha value is -3.04. The maximum atomic E-state index is 12.6. The van der Waals surface area contributed by atoms with E-state index in [1.54, 1.807) is 31.4 Å². The molecule has 1 aliphatic heterocycles. The van der Waals surface area contributed by atoms with Crippen molar-refractivity contribution in [3.63, 3.8) is 0 Å². The van der Waals surface area contributed by atoms with Crippen molar-refractivity contribution in [2.24, 2.45) is 0 Å². The number of methoxy groups -OCH3 is 1. The Kier molecular flexibility index (Phi) is 5.94. The van der Waals surface area contributed by atoms with E-state index in [-0.39, 0.29) is 11.9 Å². The molecule has 3 rings (SSSR count). The van der Waals surface area contributed by atoms with Gasteiger partial charge in [0.2, 0.25) is 5.91 Å². The molecule has 6 heteroatoms. The highest BCUT2D eigenvalue weighted by molar-refractivity contribution is 5.94. The van der Waals surface area contributed by atoms with Gasteiger partial charge >= 0.3 is 0 Å². The van der Waals surface area contributed by atoms with E-state index in [4.69, 9.17) is 10.00 Å². The summed E-state index contributed by atoms with van der Waals surface area (Å²) in [5.74, 6) is 0.794. The summed E-state index contributed by atoms with van der Waals surface area (Å²) < 4.78 is 5.30. The van der Waals surface area contributed by atoms with Crippen LogP contribution >= 0.6 is 0 Å². The zero-order chi connectivity index (χ0) is 19.2. The second-order valence-corrected chi connectivity index (χ2v) is 6.58. The van der Waals surface area contributed by atoms with Crippen LogP contribution in [0.2, 0.25) is 0 Å². The Morgan fingerprint density at radius 2 is 1.89 bits per heavy atom. The fourth-order valence-corrected chi connectivity index (χ4v) is 3.25. The molecule has 0 unspecified atom stereocenters. The molecule has 1 N–H and O–H groups in total. The number of piperazine rings is 1. The summed E-state index contributed by atoms with van der Waals surface area (Å²) in [6.07, 6.45) is 0. The molecule has 1 aliphatic rings. The molecule has 0 aromatic heterocycles. The lowest BCUT2D eigenvalue weighted by atomic mass is 10.1. The van der Waals surface area contributed by atoms with Crippen LogP contribution in [0.5, 0.6) is 5.75 Å². The second-order valence-electron chi connectivity index (χ2n) is 6.58. The van der Waals surface area contributed by atoms with Gasteiger partial charge in [0.05, 0.1) is 24.8 Å². The average Bonchev–Trinajstić information content (AvgIpc) is 2.73. The maximum absolute atomic E-state index is 12.6. The fraction of sp³-hybridized carbons (Fsp3) is 0.333. The molecular weight excluding hydrogens is 340 g/mol. The number of nitrogens with zero attached hydrogens (tertiary/aromatic N) is 3. The van der Waals surface area contributed by atoms with E-state index in [2.05, 4.69) is 27.3 Å². The number of carbonyl (C=O) groups is 1. The minimum Gasteiger partial charge on any atom is -0.497 e. The molecule has 0 aliphatic carbocycles. The van der Waals surface area contributed by atoms with E-state index in [1.807, 2.05) is 25.1 Å². The van der Waals surface area contributed by atoms with Crippen LogP contribution in [-0.2, 0) is 4.79 Å². The summed E-state index contributed by atoms with van der Waals surface area (Å²) in [5, 5.41) is 11.9. The minimum absolute atomic E-state index is 0.0556. The van der Waals surface area contributed by atoms with Crippen molar-refractivity contribution in [2.45, 2.75) is 13.0 Å². The molecule has 140 valence electrons. The topological polar surface area (TPSA) is 68.6 Å². The van der Waals surface area contributed by atoms with Crippen LogP contribution in [0.1, 0.15) is 12.5 Å². The van der Waals surface area contributed by atoms with Gasteiger partial charge in [0.1, 0.15) is 5.75 Å². The van der Waals surface area contributed by atoms with Crippen molar-refractivity contribution in [3.8, 4) is 11.8 Å². The number of carbonyl (C=O) groups excluding carboxylic acids is 1. The van der Waals surface area contributed by atoms with Crippen molar-refractivity contribution >= 4 is 17.3 Å². The number of nitrogens with one attached hydrogen (secondary N) is 1. The largest absolute Gasteiger partial charge is 0.497 e. The van der Waals surface area contributed by atoms with Crippen molar-refractivity contribution in [1.29, 1.82) is 5.26 Å². The molecular formula is C21H24N4O2. The molecule has 0 radical (unpaired) electrons. The van der Waals surface area contributed by atoms with Crippen molar-refractivity contribution in [3.05, 3.63) is 54.1 Å². The SMILES string of the molecule is COc1cccc(N2CCN([C@H](C)C(=O)Nc3cccc(C#N)c3)CC2)c1. The fourth-order valence-electron chi connectivity index (χ4n) is 3.25. The van der Waals surface area contributed by atoms with E-state index in [9.17, 15) is 4.79 Å². The Labute approximate surface area is 160 Å². The van der Waals surface area contributed by atoms with Gasteiger partial charge in [-0.05, 0) is 37.3 Å². The third-order valence-electron chi connectivity index (χ3n) is 4.92. The number of rotatable bonds is 5. The minimum atomic E-state index is -0.233. The summed E-state index contributed by atoms with van der Waals surface area (Å²) in [6.45, 7) is 5.25. The third-order valence-corrected chi connectivity index (χ3v) is 4.92. The molecule has 0 saturated carbocycles. The second kappa shape index (κ2) is 8.56. The van der Waals surface area contributed by atoms with Gasteiger partial charge in [-0.15, -0.1) is 0 Å². The molecule has 1 atom stereocenters. The molecule has 1 amide bonds. The molecule has 1 heterocycles. The first-order valence-electron chi connectivity index (χ1n) is 9.05. The van der Waals surface area contributed by atoms with Gasteiger partial charge in [-0.3, -0.25) is 9.69 Å². The lowest BCUT2D eigenvalue weighted by molar-refractivity contribution is -0.120. The van der Waals surface area contributed by atoms with Crippen LogP contribution in [0.4, 0.5) is 11.4 Å². The van der Waals surface area contributed by atoms with Gasteiger partial charge in [-0.25, -0.2) is 0 Å². The summed E-state index contributed by atoms with van der Waals surface area (Å²) in [4.78, 5) is 17.1. The number of nitriles is 1. The molecule has 1 fully saturated rings. The van der Waals surface area contributed by atoms with Crippen molar-refractivity contribution < 1.29 is 9.53 Å². The first kappa shape index (κ1) is 18.7. The average molecular weight is 364 g/mol. The summed E-state index contributed by atoms with van der Waals surface area (Å²) in [6, 6.07) is 16.9. The van der Waals surface area contributed by atoms with Crippen LogP contribution in [0.3, 0.4) is 0 Å². The lowest BCUT2D eigenvalue weighted by Crippen LogP contribution is -2.52. The molecule has 6 nitrogen and oxygen atoms in total. The molecule has 0 spiro atoms. The normalized spacial score (nSPS) is 15.7. The smallest absolute Gasteiger partial charge is 0.241 e. The lowest BCUT2D eigenvalue weighted by Gasteiger charge is -2.38. The molecule has 27 heavy (non-hydrogen) atoms. The monoisotopic (exact) mass is 364 g/mol. The first-order chi connectivity index (χ1) is 13.1. The molecule has 1 saturated heterocycles. The Bertz CT molecular complexity index is 838. The summed E-state index contributed by atoms with van der Waals surface area (Å²) >= 11 is 0. The van der Waals surface area contributed by atoms with Crippen LogP contribution in [0, 0.1) is 11.3 Å².